The number of carbonyl (C=O) groups is 1. The van der Waals surface area contributed by atoms with Crippen molar-refractivity contribution in [3.63, 3.8) is 0 Å². The second-order valence-electron chi connectivity index (χ2n) is 3.08. The van der Waals surface area contributed by atoms with E-state index in [9.17, 15) is 4.79 Å². The van der Waals surface area contributed by atoms with Gasteiger partial charge in [0.25, 0.3) is 0 Å². The van der Waals surface area contributed by atoms with Gasteiger partial charge in [-0.3, -0.25) is 4.79 Å². The molecule has 0 bridgehead atoms. The summed E-state index contributed by atoms with van der Waals surface area (Å²) in [5.74, 6) is -0.185. The molecular weight excluding hydrogens is 140 g/mol. The van der Waals surface area contributed by atoms with Crippen LogP contribution < -0.4 is 5.73 Å². The van der Waals surface area contributed by atoms with Gasteiger partial charge in [-0.15, -0.1) is 0 Å². The Morgan fingerprint density at radius 2 is 1.91 bits per heavy atom. The maximum atomic E-state index is 10.3. The topological polar surface area (TPSA) is 46.3 Å². The Morgan fingerprint density at radius 1 is 1.27 bits per heavy atom. The van der Waals surface area contributed by atoms with Crippen molar-refractivity contribution < 1.29 is 4.79 Å². The Hall–Kier alpha value is -0.570. The van der Waals surface area contributed by atoms with Crippen molar-refractivity contribution in [1.82, 2.24) is 4.90 Å². The molecule has 3 heteroatoms. The lowest BCUT2D eigenvalue weighted by Crippen LogP contribution is -2.13. The Labute approximate surface area is 68.6 Å². The molecule has 0 unspecified atom stereocenters. The lowest BCUT2D eigenvalue weighted by molar-refractivity contribution is -0.118. The Kier molecular flexibility index (Phi) is 5.84. The third-order valence-electron chi connectivity index (χ3n) is 1.53. The van der Waals surface area contributed by atoms with Crippen molar-refractivity contribution in [2.75, 3.05) is 20.6 Å². The van der Waals surface area contributed by atoms with E-state index in [0.717, 1.165) is 25.8 Å². The van der Waals surface area contributed by atoms with Gasteiger partial charge in [0.05, 0.1) is 0 Å². The molecule has 0 spiro atoms. The minimum Gasteiger partial charge on any atom is -0.370 e. The Balaban J connectivity index is 2.97. The largest absolute Gasteiger partial charge is 0.370 e. The molecule has 1 amide bonds. The number of nitrogens with two attached hydrogens (primary N) is 1. The summed E-state index contributed by atoms with van der Waals surface area (Å²) in [6, 6.07) is 0. The highest BCUT2D eigenvalue weighted by Gasteiger charge is 1.94. The standard InChI is InChI=1S/C8H18N2O/c1-10(2)7-5-3-4-6-8(9)11/h3-7H2,1-2H3,(H2,9,11). The molecule has 0 rings (SSSR count). The van der Waals surface area contributed by atoms with Crippen molar-refractivity contribution in [1.29, 1.82) is 0 Å². The van der Waals surface area contributed by atoms with Crippen LogP contribution in [0.2, 0.25) is 0 Å². The van der Waals surface area contributed by atoms with Crippen molar-refractivity contribution in [3.8, 4) is 0 Å². The monoisotopic (exact) mass is 158 g/mol. The van der Waals surface area contributed by atoms with E-state index >= 15 is 0 Å². The summed E-state index contributed by atoms with van der Waals surface area (Å²) in [6.07, 6.45) is 3.72. The molecule has 0 aromatic carbocycles. The number of hydrogen-bond acceptors (Lipinski definition) is 2. The van der Waals surface area contributed by atoms with E-state index in [0.29, 0.717) is 6.42 Å². The second kappa shape index (κ2) is 6.16. The fourth-order valence-corrected chi connectivity index (χ4v) is 0.904. The van der Waals surface area contributed by atoms with Crippen LogP contribution in [0.5, 0.6) is 0 Å². The number of carbonyl (C=O) groups excluding carboxylic acids is 1. The predicted octanol–water partition coefficient (Wildman–Crippen LogP) is 0.594. The van der Waals surface area contributed by atoms with Crippen LogP contribution in [-0.4, -0.2) is 31.4 Å². The van der Waals surface area contributed by atoms with Crippen LogP contribution in [0.4, 0.5) is 0 Å². The number of hydrogen-bond donors (Lipinski definition) is 1. The lowest BCUT2D eigenvalue weighted by Gasteiger charge is -2.07. The predicted molar refractivity (Wildman–Crippen MR) is 46.2 cm³/mol. The molecule has 0 saturated heterocycles. The minimum absolute atomic E-state index is 0.185. The fourth-order valence-electron chi connectivity index (χ4n) is 0.904. The molecule has 0 atom stereocenters. The van der Waals surface area contributed by atoms with Crippen LogP contribution in [0, 0.1) is 0 Å². The summed E-state index contributed by atoms with van der Waals surface area (Å²) in [5, 5.41) is 0. The third-order valence-corrected chi connectivity index (χ3v) is 1.53. The van der Waals surface area contributed by atoms with E-state index in [-0.39, 0.29) is 5.91 Å². The summed E-state index contributed by atoms with van der Waals surface area (Å²) < 4.78 is 0. The first kappa shape index (κ1) is 10.4. The van der Waals surface area contributed by atoms with E-state index in [2.05, 4.69) is 4.90 Å². The van der Waals surface area contributed by atoms with E-state index in [4.69, 9.17) is 5.73 Å². The number of nitrogens with zero attached hydrogens (tertiary/aromatic N) is 1. The highest BCUT2D eigenvalue weighted by molar-refractivity contribution is 5.73. The molecule has 0 aliphatic carbocycles. The quantitative estimate of drug-likeness (QED) is 0.575. The normalized spacial score (nSPS) is 10.5. The Bertz CT molecular complexity index is 113. The molecule has 11 heavy (non-hydrogen) atoms. The van der Waals surface area contributed by atoms with Gasteiger partial charge in [-0.25, -0.2) is 0 Å². The van der Waals surface area contributed by atoms with Crippen LogP contribution in [0.15, 0.2) is 0 Å². The van der Waals surface area contributed by atoms with Gasteiger partial charge >= 0.3 is 0 Å². The van der Waals surface area contributed by atoms with Gasteiger partial charge < -0.3 is 10.6 Å². The summed E-state index contributed by atoms with van der Waals surface area (Å²) >= 11 is 0. The molecule has 0 aliphatic heterocycles. The molecule has 0 aliphatic rings. The van der Waals surface area contributed by atoms with Crippen LogP contribution in [0.1, 0.15) is 25.7 Å². The van der Waals surface area contributed by atoms with Crippen LogP contribution >= 0.6 is 0 Å². The number of unbranched alkanes of at least 4 members (excludes halogenated alkanes) is 2. The van der Waals surface area contributed by atoms with Gasteiger partial charge in [0, 0.05) is 6.42 Å². The van der Waals surface area contributed by atoms with Crippen LogP contribution in [0.25, 0.3) is 0 Å². The first-order valence-electron chi connectivity index (χ1n) is 4.06. The maximum absolute atomic E-state index is 10.3. The molecule has 0 aromatic rings. The highest BCUT2D eigenvalue weighted by atomic mass is 16.1. The van der Waals surface area contributed by atoms with Crippen LogP contribution in [0.3, 0.4) is 0 Å². The summed E-state index contributed by atoms with van der Waals surface area (Å²) in [6.45, 7) is 1.10. The molecule has 2 N–H and O–H groups in total. The number of amides is 1. The van der Waals surface area contributed by atoms with Gasteiger partial charge in [-0.2, -0.15) is 0 Å². The van der Waals surface area contributed by atoms with E-state index in [1.54, 1.807) is 0 Å². The maximum Gasteiger partial charge on any atom is 0.217 e. The van der Waals surface area contributed by atoms with Gasteiger partial charge in [0.2, 0.25) is 5.91 Å². The molecular formula is C8H18N2O. The highest BCUT2D eigenvalue weighted by Crippen LogP contribution is 1.99. The molecule has 0 heterocycles. The van der Waals surface area contributed by atoms with Crippen molar-refractivity contribution >= 4 is 5.91 Å². The Morgan fingerprint density at radius 3 is 2.36 bits per heavy atom. The minimum atomic E-state index is -0.185. The molecule has 0 radical (unpaired) electrons. The third kappa shape index (κ3) is 9.43. The first-order chi connectivity index (χ1) is 5.13. The van der Waals surface area contributed by atoms with Gasteiger partial charge in [-0.05, 0) is 33.5 Å². The van der Waals surface area contributed by atoms with Gasteiger partial charge in [0.15, 0.2) is 0 Å². The zero-order valence-corrected chi connectivity index (χ0v) is 7.47. The average molecular weight is 158 g/mol. The molecule has 0 fully saturated rings. The van der Waals surface area contributed by atoms with Crippen molar-refractivity contribution in [2.45, 2.75) is 25.7 Å². The lowest BCUT2D eigenvalue weighted by atomic mass is 10.2. The van der Waals surface area contributed by atoms with E-state index in [1.165, 1.54) is 0 Å². The van der Waals surface area contributed by atoms with Crippen LogP contribution in [-0.2, 0) is 4.79 Å². The zero-order chi connectivity index (χ0) is 8.69. The first-order valence-corrected chi connectivity index (χ1v) is 4.06. The molecule has 0 saturated carbocycles. The average Bonchev–Trinajstić information content (AvgIpc) is 1.85. The summed E-state index contributed by atoms with van der Waals surface area (Å²) in [4.78, 5) is 12.5. The summed E-state index contributed by atoms with van der Waals surface area (Å²) in [7, 11) is 4.10. The fraction of sp³-hybridized carbons (Fsp3) is 0.875. The van der Waals surface area contributed by atoms with E-state index < -0.39 is 0 Å². The number of rotatable bonds is 6. The molecule has 66 valence electrons. The molecule has 3 nitrogen and oxygen atoms in total. The van der Waals surface area contributed by atoms with Crippen molar-refractivity contribution in [3.05, 3.63) is 0 Å². The summed E-state index contributed by atoms with van der Waals surface area (Å²) in [5.41, 5.74) is 4.99. The smallest absolute Gasteiger partial charge is 0.217 e. The van der Waals surface area contributed by atoms with Gasteiger partial charge in [-0.1, -0.05) is 6.42 Å². The molecule has 0 aromatic heterocycles. The zero-order valence-electron chi connectivity index (χ0n) is 7.47. The van der Waals surface area contributed by atoms with Gasteiger partial charge in [0.1, 0.15) is 0 Å². The SMILES string of the molecule is CN(C)CCCCCC(N)=O. The van der Waals surface area contributed by atoms with Crippen molar-refractivity contribution in [2.24, 2.45) is 5.73 Å². The van der Waals surface area contributed by atoms with E-state index in [1.807, 2.05) is 14.1 Å². The second-order valence-corrected chi connectivity index (χ2v) is 3.08. The number of primary amides is 1.